The minimum absolute atomic E-state index is 0.0517. The van der Waals surface area contributed by atoms with Crippen LogP contribution in [-0.2, 0) is 16.1 Å². The molecule has 7 nitrogen and oxygen atoms in total. The van der Waals surface area contributed by atoms with Gasteiger partial charge in [0, 0.05) is 40.9 Å². The third-order valence-electron chi connectivity index (χ3n) is 6.59. The van der Waals surface area contributed by atoms with Crippen LogP contribution in [-0.4, -0.2) is 28.7 Å². The zero-order valence-corrected chi connectivity index (χ0v) is 20.1. The van der Waals surface area contributed by atoms with Crippen LogP contribution in [0.15, 0.2) is 60.0 Å². The van der Waals surface area contributed by atoms with Crippen LogP contribution < -0.4 is 16.0 Å². The zero-order valence-electron chi connectivity index (χ0n) is 19.3. The van der Waals surface area contributed by atoms with Gasteiger partial charge in [-0.15, -0.1) is 11.3 Å². The summed E-state index contributed by atoms with van der Waals surface area (Å²) >= 11 is 1.35. The third-order valence-corrected chi connectivity index (χ3v) is 7.35. The van der Waals surface area contributed by atoms with E-state index in [1.54, 1.807) is 12.1 Å². The Hall–Kier alpha value is -3.52. The van der Waals surface area contributed by atoms with Gasteiger partial charge in [0.05, 0.1) is 5.69 Å². The van der Waals surface area contributed by atoms with Crippen molar-refractivity contribution >= 4 is 34.2 Å². The normalized spacial score (nSPS) is 19.2. The number of amides is 3. The zero-order chi connectivity index (χ0) is 24.2. The molecule has 180 valence electrons. The van der Waals surface area contributed by atoms with Crippen LogP contribution in [0.4, 0.5) is 5.13 Å². The van der Waals surface area contributed by atoms with E-state index < -0.39 is 0 Å². The van der Waals surface area contributed by atoms with Gasteiger partial charge in [-0.2, -0.15) is 0 Å². The Bertz CT molecular complexity index is 1200. The summed E-state index contributed by atoms with van der Waals surface area (Å²) in [5.41, 5.74) is 3.28. The summed E-state index contributed by atoms with van der Waals surface area (Å²) < 4.78 is 0. The minimum Gasteiger partial charge on any atom is -0.352 e. The van der Waals surface area contributed by atoms with E-state index in [1.807, 2.05) is 47.8 Å². The molecule has 3 aromatic rings. The molecule has 8 heteroatoms. The molecule has 0 spiro atoms. The van der Waals surface area contributed by atoms with Crippen LogP contribution in [0.5, 0.6) is 0 Å². The van der Waals surface area contributed by atoms with E-state index in [9.17, 15) is 14.4 Å². The highest BCUT2D eigenvalue weighted by Crippen LogP contribution is 2.34. The average Bonchev–Trinajstić information content (AvgIpc) is 3.35. The number of nitrogens with zero attached hydrogens (tertiary/aromatic N) is 1. The second-order valence-electron chi connectivity index (χ2n) is 9.20. The highest BCUT2D eigenvalue weighted by molar-refractivity contribution is 7.14. The first-order valence-corrected chi connectivity index (χ1v) is 12.9. The van der Waals surface area contributed by atoms with Crippen molar-refractivity contribution < 1.29 is 14.4 Å². The van der Waals surface area contributed by atoms with E-state index >= 15 is 0 Å². The maximum Gasteiger partial charge on any atom is 0.251 e. The topological polar surface area (TPSA) is 100 Å². The molecule has 0 aliphatic heterocycles. The lowest BCUT2D eigenvalue weighted by Crippen LogP contribution is -2.36. The summed E-state index contributed by atoms with van der Waals surface area (Å²) in [5.74, 6) is -0.966. The van der Waals surface area contributed by atoms with Crippen molar-refractivity contribution in [1.29, 1.82) is 0 Å². The quantitative estimate of drug-likeness (QED) is 0.438. The van der Waals surface area contributed by atoms with Crippen LogP contribution in [0.3, 0.4) is 0 Å². The number of nitrogens with one attached hydrogen (secondary N) is 3. The molecule has 2 aliphatic rings. The summed E-state index contributed by atoms with van der Waals surface area (Å²) in [4.78, 5) is 42.5. The molecule has 3 amide bonds. The first-order chi connectivity index (χ1) is 17.1. The molecule has 2 aromatic carbocycles. The molecule has 2 saturated carbocycles. The fourth-order valence-corrected chi connectivity index (χ4v) is 5.18. The lowest BCUT2D eigenvalue weighted by atomic mass is 9.94. The van der Waals surface area contributed by atoms with Crippen LogP contribution in [0.25, 0.3) is 11.3 Å². The van der Waals surface area contributed by atoms with Gasteiger partial charge in [0.2, 0.25) is 11.8 Å². The number of hydrogen-bond donors (Lipinski definition) is 3. The molecule has 0 radical (unpaired) electrons. The number of carbonyl (C=O) groups is 3. The first kappa shape index (κ1) is 23.2. The molecule has 2 fully saturated rings. The van der Waals surface area contributed by atoms with Crippen molar-refractivity contribution in [2.45, 2.75) is 44.7 Å². The van der Waals surface area contributed by atoms with Crippen molar-refractivity contribution in [2.75, 3.05) is 5.32 Å². The highest BCUT2D eigenvalue weighted by Gasteiger charge is 2.38. The third kappa shape index (κ3) is 5.77. The van der Waals surface area contributed by atoms with Gasteiger partial charge in [0.1, 0.15) is 0 Å². The van der Waals surface area contributed by atoms with Crippen LogP contribution >= 0.6 is 11.3 Å². The molecule has 1 aromatic heterocycles. The first-order valence-electron chi connectivity index (χ1n) is 12.1. The van der Waals surface area contributed by atoms with Crippen molar-refractivity contribution in [2.24, 2.45) is 11.8 Å². The number of aromatic nitrogens is 1. The van der Waals surface area contributed by atoms with Crippen molar-refractivity contribution in [1.82, 2.24) is 15.6 Å². The van der Waals surface area contributed by atoms with Crippen molar-refractivity contribution in [3.8, 4) is 11.3 Å². The molecule has 2 atom stereocenters. The molecule has 3 N–H and O–H groups in total. The number of hydrogen-bond acceptors (Lipinski definition) is 5. The summed E-state index contributed by atoms with van der Waals surface area (Å²) in [7, 11) is 0. The lowest BCUT2D eigenvalue weighted by Gasteiger charge is -2.18. The standard InChI is InChI=1S/C27H28N4O3S/c32-24(29-20-13-14-20)19-11-9-18(10-12-19)23-16-35-27(30-23)31-26(34)22-8-4-7-21(22)25(33)28-15-17-5-2-1-3-6-17/h1-3,5-6,9-12,16,20-22H,4,7-8,13-15H2,(H,28,33)(H,29,32)(H,30,31,34). The molecular weight excluding hydrogens is 460 g/mol. The monoisotopic (exact) mass is 488 g/mol. The number of anilines is 1. The van der Waals surface area contributed by atoms with Gasteiger partial charge in [0.25, 0.3) is 5.91 Å². The van der Waals surface area contributed by atoms with E-state index in [1.165, 1.54) is 11.3 Å². The van der Waals surface area contributed by atoms with Crippen LogP contribution in [0.1, 0.15) is 48.0 Å². The van der Waals surface area contributed by atoms with Crippen molar-refractivity contribution in [3.05, 3.63) is 71.1 Å². The Kier molecular flexibility index (Phi) is 6.90. The number of benzene rings is 2. The van der Waals surface area contributed by atoms with Crippen LogP contribution in [0.2, 0.25) is 0 Å². The largest absolute Gasteiger partial charge is 0.352 e. The molecule has 5 rings (SSSR count). The number of thiazole rings is 1. The fourth-order valence-electron chi connectivity index (χ4n) is 4.45. The van der Waals surface area contributed by atoms with E-state index in [-0.39, 0.29) is 29.6 Å². The van der Waals surface area contributed by atoms with Gasteiger partial charge in [-0.3, -0.25) is 14.4 Å². The molecule has 2 aliphatic carbocycles. The molecule has 0 bridgehead atoms. The average molecular weight is 489 g/mol. The van der Waals surface area contributed by atoms with Gasteiger partial charge < -0.3 is 16.0 Å². The van der Waals surface area contributed by atoms with Gasteiger partial charge in [-0.1, -0.05) is 48.9 Å². The van der Waals surface area contributed by atoms with Gasteiger partial charge in [-0.05, 0) is 43.4 Å². The summed E-state index contributed by atoms with van der Waals surface area (Å²) in [6.07, 6.45) is 4.36. The fraction of sp³-hybridized carbons (Fsp3) is 0.333. The maximum atomic E-state index is 13.0. The Labute approximate surface area is 208 Å². The molecule has 2 unspecified atom stereocenters. The molecule has 35 heavy (non-hydrogen) atoms. The van der Waals surface area contributed by atoms with Gasteiger partial charge >= 0.3 is 0 Å². The van der Waals surface area contributed by atoms with E-state index in [0.29, 0.717) is 36.1 Å². The highest BCUT2D eigenvalue weighted by atomic mass is 32.1. The SMILES string of the molecule is O=C(NC1CC1)c1ccc(-c2csc(NC(=O)C3CCCC3C(=O)NCc3ccccc3)n2)cc1. The molecule has 0 saturated heterocycles. The second-order valence-corrected chi connectivity index (χ2v) is 10.1. The smallest absolute Gasteiger partial charge is 0.251 e. The molecule has 1 heterocycles. The summed E-state index contributed by atoms with van der Waals surface area (Å²) in [5, 5.41) is 11.3. The predicted molar refractivity (Wildman–Crippen MR) is 136 cm³/mol. The van der Waals surface area contributed by atoms with E-state index in [0.717, 1.165) is 36.1 Å². The Morgan fingerprint density at radius 1 is 0.886 bits per heavy atom. The summed E-state index contributed by atoms with van der Waals surface area (Å²) in [6, 6.07) is 17.4. The van der Waals surface area contributed by atoms with E-state index in [2.05, 4.69) is 20.9 Å². The molecular formula is C27H28N4O3S. The Balaban J connectivity index is 1.17. The van der Waals surface area contributed by atoms with E-state index in [4.69, 9.17) is 0 Å². The van der Waals surface area contributed by atoms with Gasteiger partial charge in [0.15, 0.2) is 5.13 Å². The van der Waals surface area contributed by atoms with Crippen molar-refractivity contribution in [3.63, 3.8) is 0 Å². The number of rotatable bonds is 8. The van der Waals surface area contributed by atoms with Crippen LogP contribution in [0, 0.1) is 11.8 Å². The maximum absolute atomic E-state index is 13.0. The Morgan fingerprint density at radius 3 is 2.31 bits per heavy atom. The Morgan fingerprint density at radius 2 is 1.60 bits per heavy atom. The minimum atomic E-state index is -0.359. The summed E-state index contributed by atoms with van der Waals surface area (Å²) in [6.45, 7) is 0.460. The predicted octanol–water partition coefficient (Wildman–Crippen LogP) is 4.37. The second kappa shape index (κ2) is 10.4. The van der Waals surface area contributed by atoms with Gasteiger partial charge in [-0.25, -0.2) is 4.98 Å². The lowest BCUT2D eigenvalue weighted by molar-refractivity contribution is -0.131. The number of carbonyl (C=O) groups excluding carboxylic acids is 3.